The summed E-state index contributed by atoms with van der Waals surface area (Å²) in [5.74, 6) is -1.26. The third-order valence-corrected chi connectivity index (χ3v) is 6.22. The highest BCUT2D eigenvalue weighted by molar-refractivity contribution is 6.01. The number of para-hydroxylation sites is 1. The second-order valence-corrected chi connectivity index (χ2v) is 8.90. The first kappa shape index (κ1) is 24.4. The summed E-state index contributed by atoms with van der Waals surface area (Å²) in [7, 11) is 4.04. The Morgan fingerprint density at radius 3 is 2.46 bits per heavy atom. The van der Waals surface area contributed by atoms with E-state index in [9.17, 15) is 14.0 Å². The van der Waals surface area contributed by atoms with Gasteiger partial charge in [0.1, 0.15) is 11.4 Å². The van der Waals surface area contributed by atoms with Crippen molar-refractivity contribution in [1.29, 1.82) is 0 Å². The van der Waals surface area contributed by atoms with Gasteiger partial charge in [-0.05, 0) is 86.6 Å². The zero-order valence-corrected chi connectivity index (χ0v) is 19.8. The number of hydrazine groups is 1. The largest absolute Gasteiger partial charge is 0.398 e. The van der Waals surface area contributed by atoms with E-state index in [-0.39, 0.29) is 11.4 Å². The molecule has 0 aliphatic carbocycles. The van der Waals surface area contributed by atoms with E-state index in [1.165, 1.54) is 12.1 Å². The Morgan fingerprint density at radius 2 is 1.74 bits per heavy atom. The summed E-state index contributed by atoms with van der Waals surface area (Å²) in [4.78, 5) is 27.2. The van der Waals surface area contributed by atoms with Gasteiger partial charge < -0.3 is 15.4 Å². The van der Waals surface area contributed by atoms with Crippen LogP contribution in [-0.4, -0.2) is 37.4 Å². The molecular weight excluding hydrogens is 447 g/mol. The zero-order chi connectivity index (χ0) is 25.0. The number of rotatable bonds is 7. The van der Waals surface area contributed by atoms with E-state index < -0.39 is 17.4 Å². The molecule has 0 fully saturated rings. The van der Waals surface area contributed by atoms with Gasteiger partial charge in [0.15, 0.2) is 0 Å². The first-order valence-corrected chi connectivity index (χ1v) is 11.4. The Labute approximate surface area is 204 Å². The lowest BCUT2D eigenvalue weighted by atomic mass is 9.81. The van der Waals surface area contributed by atoms with Crippen LogP contribution < -0.4 is 16.6 Å². The highest BCUT2D eigenvalue weighted by Crippen LogP contribution is 2.45. The van der Waals surface area contributed by atoms with Crippen LogP contribution in [0.2, 0.25) is 0 Å². The van der Waals surface area contributed by atoms with Gasteiger partial charge in [0.2, 0.25) is 0 Å². The first-order chi connectivity index (χ1) is 16.8. The summed E-state index contributed by atoms with van der Waals surface area (Å²) < 4.78 is 20.0. The third-order valence-electron chi connectivity index (χ3n) is 6.22. The maximum Gasteiger partial charge on any atom is 0.271 e. The van der Waals surface area contributed by atoms with Crippen LogP contribution in [0, 0.1) is 5.82 Å². The van der Waals surface area contributed by atoms with Crippen molar-refractivity contribution in [2.24, 2.45) is 0 Å². The lowest BCUT2D eigenvalue weighted by Crippen LogP contribution is -2.41. The average molecular weight is 477 g/mol. The molecule has 1 atom stereocenters. The first-order valence-electron chi connectivity index (χ1n) is 11.4. The fourth-order valence-electron chi connectivity index (χ4n) is 4.44. The number of nitrogens with one attached hydrogen (secondary N) is 2. The molecule has 7 nitrogen and oxygen atoms in total. The summed E-state index contributed by atoms with van der Waals surface area (Å²) in [6.07, 6.45) is 1.59. The summed E-state index contributed by atoms with van der Waals surface area (Å²) >= 11 is 0. The highest BCUT2D eigenvalue weighted by Gasteiger charge is 2.41. The molecule has 0 radical (unpaired) electrons. The van der Waals surface area contributed by atoms with E-state index >= 15 is 0 Å². The van der Waals surface area contributed by atoms with Gasteiger partial charge in [0, 0.05) is 11.3 Å². The number of carbonyl (C=O) groups is 2. The van der Waals surface area contributed by atoms with E-state index in [1.54, 1.807) is 48.5 Å². The molecule has 0 aromatic heterocycles. The Bertz CT molecular complexity index is 1230. The number of hydrogen-bond acceptors (Lipinski definition) is 5. The number of anilines is 1. The van der Waals surface area contributed by atoms with E-state index in [0.717, 1.165) is 29.7 Å². The number of nitrogens with two attached hydrogens (primary N) is 1. The number of amides is 2. The number of ether oxygens (including phenoxy) is 1. The second kappa shape index (κ2) is 10.2. The van der Waals surface area contributed by atoms with Gasteiger partial charge >= 0.3 is 0 Å². The van der Waals surface area contributed by atoms with Crippen LogP contribution >= 0.6 is 0 Å². The Kier molecular flexibility index (Phi) is 7.14. The predicted molar refractivity (Wildman–Crippen MR) is 132 cm³/mol. The van der Waals surface area contributed by atoms with Gasteiger partial charge in [0.05, 0.1) is 12.2 Å². The van der Waals surface area contributed by atoms with Gasteiger partial charge in [-0.15, -0.1) is 0 Å². The quantitative estimate of drug-likeness (QED) is 0.358. The fraction of sp³-hybridized carbons (Fsp3) is 0.259. The summed E-state index contributed by atoms with van der Waals surface area (Å²) in [6, 6.07) is 18.4. The second-order valence-electron chi connectivity index (χ2n) is 8.90. The van der Waals surface area contributed by atoms with Crippen LogP contribution in [0.3, 0.4) is 0 Å². The molecule has 35 heavy (non-hydrogen) atoms. The van der Waals surface area contributed by atoms with Crippen LogP contribution in [0.5, 0.6) is 0 Å². The minimum atomic E-state index is -0.715. The Morgan fingerprint density at radius 1 is 1.03 bits per heavy atom. The molecule has 0 saturated heterocycles. The molecule has 3 aromatic carbocycles. The SMILES string of the molecule is CN(C)CCCC1(c2ccc(F)cc2)OCc2cc(C(=O)NNC(=O)c3ccccc3N)ccc21. The van der Waals surface area contributed by atoms with Crippen molar-refractivity contribution >= 4 is 17.5 Å². The maximum absolute atomic E-state index is 13.6. The molecule has 1 heterocycles. The summed E-state index contributed by atoms with van der Waals surface area (Å²) in [6.45, 7) is 1.20. The van der Waals surface area contributed by atoms with Crippen molar-refractivity contribution in [2.45, 2.75) is 25.0 Å². The molecule has 0 saturated carbocycles. The number of nitrogens with zero attached hydrogens (tertiary/aromatic N) is 1. The van der Waals surface area contributed by atoms with Crippen molar-refractivity contribution in [3.63, 3.8) is 0 Å². The van der Waals surface area contributed by atoms with Gasteiger partial charge in [0.25, 0.3) is 11.8 Å². The van der Waals surface area contributed by atoms with Crippen LogP contribution in [0.4, 0.5) is 10.1 Å². The lowest BCUT2D eigenvalue weighted by molar-refractivity contribution is -0.0140. The van der Waals surface area contributed by atoms with Crippen molar-refractivity contribution in [3.8, 4) is 0 Å². The maximum atomic E-state index is 13.6. The Hall–Kier alpha value is -3.75. The van der Waals surface area contributed by atoms with Gasteiger partial charge in [-0.3, -0.25) is 20.4 Å². The number of nitrogen functional groups attached to an aromatic ring is 1. The van der Waals surface area contributed by atoms with Crippen molar-refractivity contribution in [3.05, 3.63) is 100 Å². The van der Waals surface area contributed by atoms with E-state index in [4.69, 9.17) is 10.5 Å². The van der Waals surface area contributed by atoms with Crippen molar-refractivity contribution in [1.82, 2.24) is 15.8 Å². The van der Waals surface area contributed by atoms with Gasteiger partial charge in [-0.25, -0.2) is 4.39 Å². The smallest absolute Gasteiger partial charge is 0.271 e. The molecule has 0 bridgehead atoms. The third kappa shape index (κ3) is 5.18. The zero-order valence-electron chi connectivity index (χ0n) is 19.8. The molecule has 2 amide bonds. The van der Waals surface area contributed by atoms with Gasteiger partial charge in [-0.1, -0.05) is 30.3 Å². The number of benzene rings is 3. The minimum absolute atomic E-state index is 0.275. The number of fused-ring (bicyclic) bond motifs is 1. The summed E-state index contributed by atoms with van der Waals surface area (Å²) in [5, 5.41) is 0. The van der Waals surface area contributed by atoms with E-state index in [0.29, 0.717) is 24.3 Å². The van der Waals surface area contributed by atoms with Crippen LogP contribution in [0.15, 0.2) is 66.7 Å². The van der Waals surface area contributed by atoms with Crippen molar-refractivity contribution in [2.75, 3.05) is 26.4 Å². The van der Waals surface area contributed by atoms with Crippen LogP contribution in [-0.2, 0) is 16.9 Å². The monoisotopic (exact) mass is 476 g/mol. The number of hydrogen-bond donors (Lipinski definition) is 3. The normalized spacial score (nSPS) is 16.7. The summed E-state index contributed by atoms with van der Waals surface area (Å²) in [5.41, 5.74) is 13.6. The number of carbonyl (C=O) groups excluding carboxylic acids is 2. The standard InChI is InChI=1S/C27H29FN4O3/c1-32(2)15-5-14-27(20-9-11-21(28)12-10-20)23-13-8-18(16-19(23)17-35-27)25(33)30-31-26(34)22-6-3-4-7-24(22)29/h3-4,6-13,16H,5,14-15,17,29H2,1-2H3,(H,30,33)(H,31,34). The molecule has 4 N–H and O–H groups in total. The molecule has 4 rings (SSSR count). The minimum Gasteiger partial charge on any atom is -0.398 e. The molecule has 0 spiro atoms. The van der Waals surface area contributed by atoms with Crippen LogP contribution in [0.1, 0.15) is 50.2 Å². The van der Waals surface area contributed by atoms with E-state index in [2.05, 4.69) is 15.8 Å². The van der Waals surface area contributed by atoms with E-state index in [1.807, 2.05) is 20.2 Å². The van der Waals surface area contributed by atoms with Gasteiger partial charge in [-0.2, -0.15) is 0 Å². The average Bonchev–Trinajstić information content (AvgIpc) is 3.21. The Balaban J connectivity index is 1.54. The number of halogens is 1. The highest BCUT2D eigenvalue weighted by atomic mass is 19.1. The fourth-order valence-corrected chi connectivity index (χ4v) is 4.44. The molecule has 182 valence electrons. The molecule has 1 unspecified atom stereocenters. The van der Waals surface area contributed by atoms with Crippen LogP contribution in [0.25, 0.3) is 0 Å². The molecule has 1 aliphatic rings. The lowest BCUT2D eigenvalue weighted by Gasteiger charge is -2.31. The topological polar surface area (TPSA) is 96.7 Å². The molecule has 3 aromatic rings. The predicted octanol–water partition coefficient (Wildman–Crippen LogP) is 3.60. The molecular formula is C27H29FN4O3. The van der Waals surface area contributed by atoms with Crippen molar-refractivity contribution < 1.29 is 18.7 Å². The molecule has 8 heteroatoms. The molecule has 1 aliphatic heterocycles.